The summed E-state index contributed by atoms with van der Waals surface area (Å²) in [6, 6.07) is 6.56. The van der Waals surface area contributed by atoms with Crippen LogP contribution in [0, 0.1) is 0 Å². The zero-order valence-corrected chi connectivity index (χ0v) is 13.4. The molecule has 0 saturated carbocycles. The van der Waals surface area contributed by atoms with Crippen LogP contribution in [0.5, 0.6) is 11.5 Å². The van der Waals surface area contributed by atoms with E-state index >= 15 is 0 Å². The van der Waals surface area contributed by atoms with Crippen LogP contribution in [-0.4, -0.2) is 20.8 Å². The first-order valence-electron chi connectivity index (χ1n) is 7.72. The topological polar surface area (TPSA) is 30.5 Å². The first kappa shape index (κ1) is 16.8. The van der Waals surface area contributed by atoms with Crippen LogP contribution >= 0.6 is 0 Å². The minimum absolute atomic E-state index is 0.386. The lowest BCUT2D eigenvalue weighted by Crippen LogP contribution is -2.22. The van der Waals surface area contributed by atoms with Crippen LogP contribution in [0.25, 0.3) is 0 Å². The molecular weight excluding hydrogens is 250 g/mol. The summed E-state index contributed by atoms with van der Waals surface area (Å²) in [5.41, 5.74) is 1.26. The van der Waals surface area contributed by atoms with Gasteiger partial charge < -0.3 is 14.8 Å². The predicted octanol–water partition coefficient (Wildman–Crippen LogP) is 4.32. The molecule has 0 fully saturated rings. The number of methoxy groups -OCH3 is 2. The molecule has 114 valence electrons. The molecule has 0 aromatic heterocycles. The molecule has 1 unspecified atom stereocenters. The SMILES string of the molecule is CCCCCCNC(CC)c1ccc(OC)c(OC)c1. The van der Waals surface area contributed by atoms with Crippen LogP contribution in [0.3, 0.4) is 0 Å². The van der Waals surface area contributed by atoms with Crippen molar-refractivity contribution in [2.24, 2.45) is 0 Å². The van der Waals surface area contributed by atoms with Crippen molar-refractivity contribution >= 4 is 0 Å². The molecule has 0 saturated heterocycles. The highest BCUT2D eigenvalue weighted by Gasteiger charge is 2.12. The number of nitrogens with one attached hydrogen (secondary N) is 1. The minimum atomic E-state index is 0.386. The summed E-state index contributed by atoms with van der Waals surface area (Å²) in [6.45, 7) is 5.53. The highest BCUT2D eigenvalue weighted by atomic mass is 16.5. The van der Waals surface area contributed by atoms with E-state index in [0.717, 1.165) is 24.5 Å². The standard InChI is InChI=1S/C17H29NO2/c1-5-7-8-9-12-18-15(6-2)14-10-11-16(19-3)17(13-14)20-4/h10-11,13,15,18H,5-9,12H2,1-4H3. The maximum Gasteiger partial charge on any atom is 0.161 e. The number of benzene rings is 1. The molecule has 3 nitrogen and oxygen atoms in total. The molecular formula is C17H29NO2. The first-order valence-corrected chi connectivity index (χ1v) is 7.72. The molecule has 0 aliphatic heterocycles. The third-order valence-corrected chi connectivity index (χ3v) is 3.64. The number of rotatable bonds is 10. The van der Waals surface area contributed by atoms with Crippen molar-refractivity contribution in [3.63, 3.8) is 0 Å². The van der Waals surface area contributed by atoms with Crippen molar-refractivity contribution in [3.05, 3.63) is 23.8 Å². The Morgan fingerprint density at radius 2 is 1.75 bits per heavy atom. The molecule has 1 atom stereocenters. The monoisotopic (exact) mass is 279 g/mol. The number of hydrogen-bond donors (Lipinski definition) is 1. The van der Waals surface area contributed by atoms with Gasteiger partial charge in [0, 0.05) is 6.04 Å². The van der Waals surface area contributed by atoms with Crippen molar-refractivity contribution in [1.29, 1.82) is 0 Å². The molecule has 0 aliphatic rings. The second-order valence-corrected chi connectivity index (χ2v) is 5.09. The minimum Gasteiger partial charge on any atom is -0.493 e. The first-order chi connectivity index (χ1) is 9.76. The molecule has 3 heteroatoms. The molecule has 20 heavy (non-hydrogen) atoms. The van der Waals surface area contributed by atoms with Crippen LogP contribution < -0.4 is 14.8 Å². The summed E-state index contributed by atoms with van der Waals surface area (Å²) in [4.78, 5) is 0. The average molecular weight is 279 g/mol. The van der Waals surface area contributed by atoms with E-state index < -0.39 is 0 Å². The highest BCUT2D eigenvalue weighted by molar-refractivity contribution is 5.43. The molecule has 0 heterocycles. The molecule has 1 N–H and O–H groups in total. The highest BCUT2D eigenvalue weighted by Crippen LogP contribution is 2.30. The fraction of sp³-hybridized carbons (Fsp3) is 0.647. The Balaban J connectivity index is 2.60. The van der Waals surface area contributed by atoms with Gasteiger partial charge in [0.1, 0.15) is 0 Å². The van der Waals surface area contributed by atoms with Gasteiger partial charge in [0.15, 0.2) is 11.5 Å². The fourth-order valence-electron chi connectivity index (χ4n) is 2.40. The van der Waals surface area contributed by atoms with Gasteiger partial charge in [0.25, 0.3) is 0 Å². The van der Waals surface area contributed by atoms with Crippen molar-refractivity contribution < 1.29 is 9.47 Å². The van der Waals surface area contributed by atoms with Gasteiger partial charge in [-0.05, 0) is 37.1 Å². The van der Waals surface area contributed by atoms with E-state index in [-0.39, 0.29) is 0 Å². The summed E-state index contributed by atoms with van der Waals surface area (Å²) in [6.07, 6.45) is 6.24. The number of unbranched alkanes of at least 4 members (excludes halogenated alkanes) is 3. The van der Waals surface area contributed by atoms with E-state index in [0.29, 0.717) is 6.04 Å². The fourth-order valence-corrected chi connectivity index (χ4v) is 2.40. The van der Waals surface area contributed by atoms with E-state index in [1.807, 2.05) is 6.07 Å². The second kappa shape index (κ2) is 9.65. The molecule has 1 aromatic carbocycles. The Hall–Kier alpha value is -1.22. The summed E-state index contributed by atoms with van der Waals surface area (Å²) in [5.74, 6) is 1.59. The summed E-state index contributed by atoms with van der Waals surface area (Å²) >= 11 is 0. The maximum atomic E-state index is 5.38. The normalized spacial score (nSPS) is 12.2. The van der Waals surface area contributed by atoms with Gasteiger partial charge in [0.05, 0.1) is 14.2 Å². The van der Waals surface area contributed by atoms with E-state index in [1.165, 1.54) is 31.2 Å². The Bertz CT molecular complexity index is 379. The van der Waals surface area contributed by atoms with Gasteiger partial charge in [0.2, 0.25) is 0 Å². The van der Waals surface area contributed by atoms with Gasteiger partial charge in [-0.25, -0.2) is 0 Å². The van der Waals surface area contributed by atoms with Crippen LogP contribution in [0.15, 0.2) is 18.2 Å². The van der Waals surface area contributed by atoms with Gasteiger partial charge >= 0.3 is 0 Å². The summed E-state index contributed by atoms with van der Waals surface area (Å²) in [5, 5.41) is 3.64. The molecule has 0 bridgehead atoms. The number of hydrogen-bond acceptors (Lipinski definition) is 3. The van der Waals surface area contributed by atoms with Crippen LogP contribution in [0.1, 0.15) is 57.6 Å². The van der Waals surface area contributed by atoms with E-state index in [2.05, 4.69) is 31.3 Å². The average Bonchev–Trinajstić information content (AvgIpc) is 2.50. The van der Waals surface area contributed by atoms with Gasteiger partial charge in [-0.2, -0.15) is 0 Å². The summed E-state index contributed by atoms with van der Waals surface area (Å²) < 4.78 is 10.7. The molecule has 0 radical (unpaired) electrons. The van der Waals surface area contributed by atoms with Crippen molar-refractivity contribution in [2.75, 3.05) is 20.8 Å². The zero-order chi connectivity index (χ0) is 14.8. The molecule has 0 spiro atoms. The Kier molecular flexibility index (Phi) is 8.12. The van der Waals surface area contributed by atoms with Crippen molar-refractivity contribution in [1.82, 2.24) is 5.32 Å². The van der Waals surface area contributed by atoms with E-state index in [9.17, 15) is 0 Å². The largest absolute Gasteiger partial charge is 0.493 e. The lowest BCUT2D eigenvalue weighted by Gasteiger charge is -2.19. The lowest BCUT2D eigenvalue weighted by molar-refractivity contribution is 0.353. The van der Waals surface area contributed by atoms with Crippen LogP contribution in [0.2, 0.25) is 0 Å². The molecule has 0 aliphatic carbocycles. The third kappa shape index (κ3) is 5.04. The number of ether oxygens (including phenoxy) is 2. The molecule has 0 amide bonds. The second-order valence-electron chi connectivity index (χ2n) is 5.09. The smallest absolute Gasteiger partial charge is 0.161 e. The third-order valence-electron chi connectivity index (χ3n) is 3.64. The van der Waals surface area contributed by atoms with E-state index in [1.54, 1.807) is 14.2 Å². The lowest BCUT2D eigenvalue weighted by atomic mass is 10.0. The zero-order valence-electron chi connectivity index (χ0n) is 13.4. The summed E-state index contributed by atoms with van der Waals surface area (Å²) in [7, 11) is 3.35. The molecule has 1 rings (SSSR count). The van der Waals surface area contributed by atoms with Crippen LogP contribution in [0.4, 0.5) is 0 Å². The van der Waals surface area contributed by atoms with Crippen molar-refractivity contribution in [3.8, 4) is 11.5 Å². The Morgan fingerprint density at radius 3 is 2.35 bits per heavy atom. The predicted molar refractivity (Wildman–Crippen MR) is 84.7 cm³/mol. The Labute approximate surface area is 123 Å². The Morgan fingerprint density at radius 1 is 1.00 bits per heavy atom. The van der Waals surface area contributed by atoms with Gasteiger partial charge in [-0.15, -0.1) is 0 Å². The molecule has 1 aromatic rings. The van der Waals surface area contributed by atoms with Gasteiger partial charge in [-0.1, -0.05) is 39.2 Å². The maximum absolute atomic E-state index is 5.38. The van der Waals surface area contributed by atoms with Crippen LogP contribution in [-0.2, 0) is 0 Å². The van der Waals surface area contributed by atoms with Crippen molar-refractivity contribution in [2.45, 2.75) is 52.0 Å². The quantitative estimate of drug-likeness (QED) is 0.647. The van der Waals surface area contributed by atoms with E-state index in [4.69, 9.17) is 9.47 Å². The van der Waals surface area contributed by atoms with Gasteiger partial charge in [-0.3, -0.25) is 0 Å².